The van der Waals surface area contributed by atoms with Gasteiger partial charge in [-0.25, -0.2) is 0 Å². The van der Waals surface area contributed by atoms with E-state index in [1.54, 1.807) is 14.2 Å². The molecule has 5 heteroatoms. The zero-order valence-corrected chi connectivity index (χ0v) is 15.3. The predicted octanol–water partition coefficient (Wildman–Crippen LogP) is 3.29. The number of hydrogen-bond acceptors (Lipinski definition) is 4. The van der Waals surface area contributed by atoms with Gasteiger partial charge >= 0.3 is 0 Å². The van der Waals surface area contributed by atoms with Crippen molar-refractivity contribution < 1.29 is 9.47 Å². The number of nitrogens with one attached hydrogen (secondary N) is 1. The second-order valence-corrected chi connectivity index (χ2v) is 5.92. The Labute approximate surface area is 136 Å². The first kappa shape index (κ1) is 18.3. The third kappa shape index (κ3) is 5.49. The largest absolute Gasteiger partial charge is 0.493 e. The molecule has 1 rings (SSSR count). The van der Waals surface area contributed by atoms with Crippen molar-refractivity contribution in [1.29, 1.82) is 0 Å². The molecule has 0 saturated heterocycles. The van der Waals surface area contributed by atoms with Crippen LogP contribution in [0.5, 0.6) is 11.5 Å². The molecule has 0 fully saturated rings. The average Bonchev–Trinajstić information content (AvgIpc) is 2.50. The number of methoxy groups -OCH3 is 2. The van der Waals surface area contributed by atoms with Gasteiger partial charge in [0.1, 0.15) is 0 Å². The van der Waals surface area contributed by atoms with E-state index in [9.17, 15) is 0 Å². The minimum Gasteiger partial charge on any atom is -0.493 e. The SMILES string of the molecule is CCN(CC)CC(C)NCc1cc(OC)c(OC)cc1Br. The topological polar surface area (TPSA) is 33.7 Å². The van der Waals surface area contributed by atoms with Gasteiger partial charge in [-0.3, -0.25) is 0 Å². The molecular weight excluding hydrogens is 332 g/mol. The van der Waals surface area contributed by atoms with Crippen LogP contribution in [-0.4, -0.2) is 44.8 Å². The fourth-order valence-corrected chi connectivity index (χ4v) is 2.71. The zero-order valence-electron chi connectivity index (χ0n) is 13.7. The maximum Gasteiger partial charge on any atom is 0.161 e. The molecule has 0 heterocycles. The van der Waals surface area contributed by atoms with Gasteiger partial charge in [-0.1, -0.05) is 29.8 Å². The van der Waals surface area contributed by atoms with Crippen molar-refractivity contribution in [3.8, 4) is 11.5 Å². The summed E-state index contributed by atoms with van der Waals surface area (Å²) in [6.45, 7) is 10.6. The van der Waals surface area contributed by atoms with Crippen LogP contribution in [-0.2, 0) is 6.54 Å². The van der Waals surface area contributed by atoms with Gasteiger partial charge < -0.3 is 19.7 Å². The molecule has 0 amide bonds. The number of likely N-dealkylation sites (N-methyl/N-ethyl adjacent to an activating group) is 1. The monoisotopic (exact) mass is 358 g/mol. The molecule has 0 aliphatic rings. The van der Waals surface area contributed by atoms with Crippen molar-refractivity contribution in [2.75, 3.05) is 33.9 Å². The molecule has 4 nitrogen and oxygen atoms in total. The van der Waals surface area contributed by atoms with E-state index in [2.05, 4.69) is 46.9 Å². The molecule has 0 saturated carbocycles. The lowest BCUT2D eigenvalue weighted by Gasteiger charge is -2.23. The third-order valence-electron chi connectivity index (χ3n) is 3.62. The van der Waals surface area contributed by atoms with E-state index in [1.807, 2.05) is 12.1 Å². The highest BCUT2D eigenvalue weighted by atomic mass is 79.9. The molecular formula is C16H27BrN2O2. The summed E-state index contributed by atoms with van der Waals surface area (Å²) < 4.78 is 11.7. The minimum atomic E-state index is 0.435. The summed E-state index contributed by atoms with van der Waals surface area (Å²) in [5.74, 6) is 1.50. The predicted molar refractivity (Wildman–Crippen MR) is 91.3 cm³/mol. The molecule has 0 spiro atoms. The smallest absolute Gasteiger partial charge is 0.161 e. The normalized spacial score (nSPS) is 12.5. The Morgan fingerprint density at radius 2 is 1.71 bits per heavy atom. The van der Waals surface area contributed by atoms with Crippen molar-refractivity contribution in [2.24, 2.45) is 0 Å². The first-order valence-electron chi connectivity index (χ1n) is 7.41. The summed E-state index contributed by atoms with van der Waals surface area (Å²) >= 11 is 3.59. The Bertz CT molecular complexity index is 437. The highest BCUT2D eigenvalue weighted by Gasteiger charge is 2.11. The fourth-order valence-electron chi connectivity index (χ4n) is 2.25. The van der Waals surface area contributed by atoms with Gasteiger partial charge in [-0.05, 0) is 37.7 Å². The molecule has 1 aromatic carbocycles. The Kier molecular flexibility index (Phi) is 8.07. The lowest BCUT2D eigenvalue weighted by Crippen LogP contribution is -2.38. The third-order valence-corrected chi connectivity index (χ3v) is 4.36. The van der Waals surface area contributed by atoms with Gasteiger partial charge in [0.05, 0.1) is 14.2 Å². The Balaban J connectivity index is 2.66. The number of hydrogen-bond donors (Lipinski definition) is 1. The number of benzene rings is 1. The molecule has 0 aliphatic heterocycles. The Morgan fingerprint density at radius 3 is 2.24 bits per heavy atom. The van der Waals surface area contributed by atoms with Gasteiger partial charge in [-0.15, -0.1) is 0 Å². The Morgan fingerprint density at radius 1 is 1.14 bits per heavy atom. The summed E-state index contributed by atoms with van der Waals surface area (Å²) in [5, 5.41) is 3.56. The minimum absolute atomic E-state index is 0.435. The second kappa shape index (κ2) is 9.28. The fraction of sp³-hybridized carbons (Fsp3) is 0.625. The molecule has 120 valence electrons. The van der Waals surface area contributed by atoms with E-state index in [-0.39, 0.29) is 0 Å². The van der Waals surface area contributed by atoms with Crippen molar-refractivity contribution >= 4 is 15.9 Å². The maximum atomic E-state index is 5.36. The van der Waals surface area contributed by atoms with Crippen molar-refractivity contribution in [3.63, 3.8) is 0 Å². The van der Waals surface area contributed by atoms with Gasteiger partial charge in [-0.2, -0.15) is 0 Å². The van der Waals surface area contributed by atoms with E-state index >= 15 is 0 Å². The van der Waals surface area contributed by atoms with Gasteiger partial charge in [0.25, 0.3) is 0 Å². The van der Waals surface area contributed by atoms with E-state index in [0.717, 1.165) is 42.2 Å². The molecule has 0 bridgehead atoms. The molecule has 1 aromatic rings. The Hall–Kier alpha value is -0.780. The van der Waals surface area contributed by atoms with Crippen LogP contribution in [0.15, 0.2) is 16.6 Å². The number of halogens is 1. The van der Waals surface area contributed by atoms with E-state index < -0.39 is 0 Å². The van der Waals surface area contributed by atoms with Crippen molar-refractivity contribution in [2.45, 2.75) is 33.4 Å². The van der Waals surface area contributed by atoms with Crippen LogP contribution in [0.2, 0.25) is 0 Å². The quantitative estimate of drug-likeness (QED) is 0.734. The van der Waals surface area contributed by atoms with Crippen LogP contribution in [0.1, 0.15) is 26.3 Å². The standard InChI is InChI=1S/C16H27BrN2O2/c1-6-19(7-2)11-12(3)18-10-13-8-15(20-4)16(21-5)9-14(13)17/h8-9,12,18H,6-7,10-11H2,1-5H3. The summed E-state index contributed by atoms with van der Waals surface area (Å²) in [5.41, 5.74) is 1.17. The molecule has 21 heavy (non-hydrogen) atoms. The van der Waals surface area contributed by atoms with E-state index in [0.29, 0.717) is 6.04 Å². The molecule has 0 radical (unpaired) electrons. The van der Waals surface area contributed by atoms with Gasteiger partial charge in [0.15, 0.2) is 11.5 Å². The lowest BCUT2D eigenvalue weighted by molar-refractivity contribution is 0.270. The molecule has 0 aliphatic carbocycles. The summed E-state index contributed by atoms with van der Waals surface area (Å²) in [4.78, 5) is 2.42. The lowest BCUT2D eigenvalue weighted by atomic mass is 10.2. The molecule has 1 unspecified atom stereocenters. The highest BCUT2D eigenvalue weighted by Crippen LogP contribution is 2.33. The highest BCUT2D eigenvalue weighted by molar-refractivity contribution is 9.10. The van der Waals surface area contributed by atoms with Gasteiger partial charge in [0.2, 0.25) is 0 Å². The molecule has 1 N–H and O–H groups in total. The van der Waals surface area contributed by atoms with Crippen molar-refractivity contribution in [3.05, 3.63) is 22.2 Å². The van der Waals surface area contributed by atoms with Crippen LogP contribution in [0, 0.1) is 0 Å². The first-order valence-corrected chi connectivity index (χ1v) is 8.21. The van der Waals surface area contributed by atoms with Crippen molar-refractivity contribution in [1.82, 2.24) is 10.2 Å². The summed E-state index contributed by atoms with van der Waals surface area (Å²) in [6, 6.07) is 4.40. The van der Waals surface area contributed by atoms with Crippen LogP contribution in [0.25, 0.3) is 0 Å². The van der Waals surface area contributed by atoms with E-state index in [4.69, 9.17) is 9.47 Å². The first-order chi connectivity index (χ1) is 10.0. The van der Waals surface area contributed by atoms with Crippen LogP contribution in [0.3, 0.4) is 0 Å². The molecule has 1 atom stereocenters. The maximum absolute atomic E-state index is 5.36. The molecule has 0 aromatic heterocycles. The summed E-state index contributed by atoms with van der Waals surface area (Å²) in [6.07, 6.45) is 0. The number of rotatable bonds is 9. The van der Waals surface area contributed by atoms with Crippen LogP contribution < -0.4 is 14.8 Å². The number of nitrogens with zero attached hydrogens (tertiary/aromatic N) is 1. The van der Waals surface area contributed by atoms with Crippen LogP contribution >= 0.6 is 15.9 Å². The summed E-state index contributed by atoms with van der Waals surface area (Å²) in [7, 11) is 3.31. The average molecular weight is 359 g/mol. The van der Waals surface area contributed by atoms with Crippen LogP contribution in [0.4, 0.5) is 0 Å². The number of ether oxygens (including phenoxy) is 2. The second-order valence-electron chi connectivity index (χ2n) is 5.07. The zero-order chi connectivity index (χ0) is 15.8. The van der Waals surface area contributed by atoms with E-state index in [1.165, 1.54) is 5.56 Å². The van der Waals surface area contributed by atoms with Gasteiger partial charge in [0, 0.05) is 23.6 Å².